The Hall–Kier alpha value is -3.02. The molecule has 2 fully saturated rings. The molecule has 2 amide bonds. The van der Waals surface area contributed by atoms with Gasteiger partial charge in [-0.2, -0.15) is 0 Å². The van der Waals surface area contributed by atoms with Crippen molar-refractivity contribution in [3.8, 4) is 5.75 Å². The monoisotopic (exact) mass is 598 g/mol. The summed E-state index contributed by atoms with van der Waals surface area (Å²) in [5.74, 6) is 1.06. The van der Waals surface area contributed by atoms with E-state index < -0.39 is 12.1 Å². The highest BCUT2D eigenvalue weighted by atomic mass is 17.0. The molecular formula is C33H50N4O6. The second kappa shape index (κ2) is 16.7. The Balaban J connectivity index is 0.00000248. The average molecular weight is 599 g/mol. The van der Waals surface area contributed by atoms with Crippen molar-refractivity contribution in [2.45, 2.75) is 89.6 Å². The molecule has 2 aromatic rings. The Kier molecular flexibility index (Phi) is 13.4. The number of nitrogens with zero attached hydrogens (tertiary/aromatic N) is 1. The predicted octanol–water partition coefficient (Wildman–Crippen LogP) is 3.38. The minimum Gasteiger partial charge on any atom is -0.508 e. The van der Waals surface area contributed by atoms with Gasteiger partial charge in [-0.15, -0.1) is 0 Å². The number of aliphatic hydroxyl groups excluding tert-OH is 1. The van der Waals surface area contributed by atoms with Crippen molar-refractivity contribution >= 4 is 11.8 Å². The zero-order valence-electron chi connectivity index (χ0n) is 25.7. The Morgan fingerprint density at radius 2 is 1.63 bits per heavy atom. The fourth-order valence-electron chi connectivity index (χ4n) is 6.37. The van der Waals surface area contributed by atoms with E-state index in [4.69, 9.17) is 10.5 Å². The van der Waals surface area contributed by atoms with Crippen LogP contribution in [-0.4, -0.2) is 80.8 Å². The standard InChI is InChI=1S/C33H48N4O4.H2O2/c1-33(2,3)36-32(41)28-18-24-13-7-8-15-26(24)21-37(28)22-30(39)27(17-23-11-5-4-6-12-23)35-31(40)20-34-19-25-14-9-10-16-29(25)38;1-2/h4-6,9-12,14,16,24,26-28,30,34,38-39H,7-8,13,15,17-22H2,1-3H3,(H,35,40)(H,36,41);1-2H. The minimum atomic E-state index is -0.859. The molecule has 4 rings (SSSR count). The molecule has 0 bridgehead atoms. The lowest BCUT2D eigenvalue weighted by molar-refractivity contribution is -0.176. The molecule has 2 aliphatic rings. The number of rotatable bonds is 11. The summed E-state index contributed by atoms with van der Waals surface area (Å²) < 4.78 is 0. The Morgan fingerprint density at radius 1 is 0.977 bits per heavy atom. The van der Waals surface area contributed by atoms with Crippen molar-refractivity contribution < 1.29 is 30.3 Å². The molecule has 2 aromatic carbocycles. The van der Waals surface area contributed by atoms with Crippen LogP contribution in [0.4, 0.5) is 0 Å². The molecule has 5 atom stereocenters. The Bertz CT molecular complexity index is 1140. The first-order valence-corrected chi connectivity index (χ1v) is 15.3. The van der Waals surface area contributed by atoms with Crippen LogP contribution in [0.5, 0.6) is 5.75 Å². The molecule has 238 valence electrons. The maximum Gasteiger partial charge on any atom is 0.237 e. The maximum absolute atomic E-state index is 13.4. The van der Waals surface area contributed by atoms with Gasteiger partial charge in [0.05, 0.1) is 24.7 Å². The van der Waals surface area contributed by atoms with E-state index in [1.54, 1.807) is 12.1 Å². The topological polar surface area (TPSA) is 154 Å². The fourth-order valence-corrected chi connectivity index (χ4v) is 6.37. The highest BCUT2D eigenvalue weighted by Crippen LogP contribution is 2.39. The van der Waals surface area contributed by atoms with Crippen LogP contribution in [0.3, 0.4) is 0 Å². The lowest BCUT2D eigenvalue weighted by Gasteiger charge is -2.47. The molecule has 0 radical (unpaired) electrons. The summed E-state index contributed by atoms with van der Waals surface area (Å²) in [5, 5.41) is 42.9. The van der Waals surface area contributed by atoms with E-state index in [-0.39, 0.29) is 35.7 Å². The fraction of sp³-hybridized carbons (Fsp3) is 0.576. The second-order valence-electron chi connectivity index (χ2n) is 12.9. The van der Waals surface area contributed by atoms with E-state index >= 15 is 0 Å². The lowest BCUT2D eigenvalue weighted by atomic mass is 9.72. The van der Waals surface area contributed by atoms with Gasteiger partial charge in [-0.3, -0.25) is 25.0 Å². The molecule has 1 saturated carbocycles. The van der Waals surface area contributed by atoms with E-state index in [0.29, 0.717) is 36.9 Å². The van der Waals surface area contributed by atoms with Gasteiger partial charge in [0.1, 0.15) is 5.75 Å². The second-order valence-corrected chi connectivity index (χ2v) is 12.9. The number of phenolic OH excluding ortho intramolecular Hbond substituents is 1. The van der Waals surface area contributed by atoms with Crippen LogP contribution in [0.2, 0.25) is 0 Å². The third kappa shape index (κ3) is 10.9. The van der Waals surface area contributed by atoms with Gasteiger partial charge >= 0.3 is 0 Å². The molecule has 1 aliphatic carbocycles. The van der Waals surface area contributed by atoms with E-state index in [9.17, 15) is 19.8 Å². The van der Waals surface area contributed by atoms with Crippen molar-refractivity contribution in [3.05, 3.63) is 65.7 Å². The molecule has 0 aromatic heterocycles. The van der Waals surface area contributed by atoms with E-state index in [2.05, 4.69) is 20.9 Å². The number of hydrogen-bond acceptors (Lipinski definition) is 8. The highest BCUT2D eigenvalue weighted by Gasteiger charge is 2.41. The summed E-state index contributed by atoms with van der Waals surface area (Å²) in [5.41, 5.74) is 1.40. The number of piperidine rings is 1. The first-order chi connectivity index (χ1) is 20.6. The quantitative estimate of drug-likeness (QED) is 0.153. The number of benzene rings is 2. The zero-order valence-corrected chi connectivity index (χ0v) is 25.7. The maximum atomic E-state index is 13.4. The first kappa shape index (κ1) is 34.5. The number of carbonyl (C=O) groups is 2. The van der Waals surface area contributed by atoms with Gasteiger partial charge in [-0.1, -0.05) is 67.8 Å². The van der Waals surface area contributed by atoms with E-state index in [1.165, 1.54) is 19.3 Å². The summed E-state index contributed by atoms with van der Waals surface area (Å²) in [7, 11) is 0. The summed E-state index contributed by atoms with van der Waals surface area (Å²) >= 11 is 0. The van der Waals surface area contributed by atoms with Gasteiger partial charge < -0.3 is 26.2 Å². The Labute approximate surface area is 255 Å². The van der Waals surface area contributed by atoms with Crippen molar-refractivity contribution in [1.29, 1.82) is 0 Å². The number of aliphatic hydroxyl groups is 1. The number of β-amino-alcohol motifs (C(OH)–C–C–N with tert-alkyl or cyclic N) is 1. The highest BCUT2D eigenvalue weighted by molar-refractivity contribution is 5.82. The molecular weight excluding hydrogens is 548 g/mol. The number of likely N-dealkylation sites (tertiary alicyclic amines) is 1. The zero-order chi connectivity index (χ0) is 31.4. The predicted molar refractivity (Wildman–Crippen MR) is 166 cm³/mol. The summed E-state index contributed by atoms with van der Waals surface area (Å²) in [4.78, 5) is 28.6. The molecule has 1 heterocycles. The molecule has 10 heteroatoms. The van der Waals surface area contributed by atoms with Crippen LogP contribution in [-0.2, 0) is 22.6 Å². The smallest absolute Gasteiger partial charge is 0.237 e. The minimum absolute atomic E-state index is 0.0192. The Morgan fingerprint density at radius 3 is 2.30 bits per heavy atom. The third-order valence-electron chi connectivity index (χ3n) is 8.43. The van der Waals surface area contributed by atoms with Crippen LogP contribution < -0.4 is 16.0 Å². The van der Waals surface area contributed by atoms with E-state index in [1.807, 2.05) is 63.2 Å². The number of carbonyl (C=O) groups excluding carboxylic acids is 2. The summed E-state index contributed by atoms with van der Waals surface area (Å²) in [6, 6.07) is 16.1. The van der Waals surface area contributed by atoms with Gasteiger partial charge in [0.25, 0.3) is 0 Å². The molecule has 10 nitrogen and oxygen atoms in total. The number of aromatic hydroxyl groups is 1. The average Bonchev–Trinajstić information content (AvgIpc) is 2.98. The number of fused-ring (bicyclic) bond motifs is 1. The number of hydrogen-bond donors (Lipinski definition) is 7. The van der Waals surface area contributed by atoms with E-state index in [0.717, 1.165) is 24.9 Å². The molecule has 1 saturated heterocycles. The van der Waals surface area contributed by atoms with Gasteiger partial charge in [-0.25, -0.2) is 0 Å². The van der Waals surface area contributed by atoms with Gasteiger partial charge in [0, 0.05) is 30.7 Å². The molecule has 43 heavy (non-hydrogen) atoms. The number of para-hydroxylation sites is 1. The van der Waals surface area contributed by atoms with Gasteiger partial charge in [0.15, 0.2) is 0 Å². The normalized spacial score (nSPS) is 21.9. The van der Waals surface area contributed by atoms with Crippen molar-refractivity contribution in [2.75, 3.05) is 19.6 Å². The molecule has 1 aliphatic heterocycles. The molecule has 7 N–H and O–H groups in total. The number of amides is 2. The lowest BCUT2D eigenvalue weighted by Crippen LogP contribution is -2.60. The van der Waals surface area contributed by atoms with Crippen LogP contribution in [0, 0.1) is 11.8 Å². The number of nitrogens with one attached hydrogen (secondary N) is 3. The largest absolute Gasteiger partial charge is 0.508 e. The summed E-state index contributed by atoms with van der Waals surface area (Å²) in [6.45, 7) is 7.49. The van der Waals surface area contributed by atoms with Gasteiger partial charge in [-0.05, 0) is 63.5 Å². The van der Waals surface area contributed by atoms with Crippen molar-refractivity contribution in [3.63, 3.8) is 0 Å². The summed E-state index contributed by atoms with van der Waals surface area (Å²) in [6.07, 6.45) is 5.20. The number of phenols is 1. The van der Waals surface area contributed by atoms with Crippen LogP contribution in [0.25, 0.3) is 0 Å². The molecule has 5 unspecified atom stereocenters. The first-order valence-electron chi connectivity index (χ1n) is 15.3. The van der Waals surface area contributed by atoms with Crippen LogP contribution in [0.15, 0.2) is 54.6 Å². The SMILES string of the molecule is CC(C)(C)NC(=O)C1CC2CCCCC2CN1CC(O)C(Cc1ccccc1)NC(=O)CNCc1ccccc1O.OO. The van der Waals surface area contributed by atoms with Crippen molar-refractivity contribution in [1.82, 2.24) is 20.9 Å². The van der Waals surface area contributed by atoms with Crippen LogP contribution in [0.1, 0.15) is 64.0 Å². The molecule has 0 spiro atoms. The third-order valence-corrected chi connectivity index (χ3v) is 8.43. The van der Waals surface area contributed by atoms with Crippen molar-refractivity contribution in [2.24, 2.45) is 11.8 Å². The van der Waals surface area contributed by atoms with Gasteiger partial charge in [0.2, 0.25) is 11.8 Å². The van der Waals surface area contributed by atoms with Crippen LogP contribution >= 0.6 is 0 Å².